The first-order chi connectivity index (χ1) is 12.8. The second kappa shape index (κ2) is 7.39. The maximum absolute atomic E-state index is 12.8. The smallest absolute Gasteiger partial charge is 0.251 e. The lowest BCUT2D eigenvalue weighted by Gasteiger charge is -2.21. The second-order valence-corrected chi connectivity index (χ2v) is 7.87. The number of hydrogen-bond donors (Lipinski definition) is 1. The molecule has 0 unspecified atom stereocenters. The van der Waals surface area contributed by atoms with Gasteiger partial charge >= 0.3 is 0 Å². The Hall–Kier alpha value is -2.88. The molecule has 0 saturated carbocycles. The van der Waals surface area contributed by atoms with Gasteiger partial charge in [-0.25, -0.2) is 4.98 Å². The number of imidazole rings is 1. The summed E-state index contributed by atoms with van der Waals surface area (Å²) in [6.07, 6.45) is 4.70. The van der Waals surface area contributed by atoms with E-state index in [1.54, 1.807) is 6.20 Å². The highest BCUT2D eigenvalue weighted by molar-refractivity contribution is 5.96. The van der Waals surface area contributed by atoms with Gasteiger partial charge in [0.1, 0.15) is 5.82 Å². The largest absolute Gasteiger partial charge is 0.347 e. The van der Waals surface area contributed by atoms with E-state index in [2.05, 4.69) is 47.6 Å². The van der Waals surface area contributed by atoms with Gasteiger partial charge in [0.2, 0.25) is 0 Å². The highest BCUT2D eigenvalue weighted by Crippen LogP contribution is 2.26. The fraction of sp³-hybridized carbons (Fsp3) is 0.304. The van der Waals surface area contributed by atoms with Crippen molar-refractivity contribution in [1.82, 2.24) is 14.9 Å². The van der Waals surface area contributed by atoms with Crippen molar-refractivity contribution in [2.24, 2.45) is 0 Å². The maximum Gasteiger partial charge on any atom is 0.251 e. The number of benzene rings is 2. The van der Waals surface area contributed by atoms with Crippen LogP contribution in [0.4, 0.5) is 0 Å². The molecule has 0 radical (unpaired) electrons. The van der Waals surface area contributed by atoms with Crippen molar-refractivity contribution in [1.29, 1.82) is 0 Å². The SMILES string of the molecule is CCc1ccc(-c2cc(C(=O)NC(C)(C)C)cc(-n3ccnc3C)c2)cc1. The highest BCUT2D eigenvalue weighted by atomic mass is 16.1. The van der Waals surface area contributed by atoms with Crippen molar-refractivity contribution < 1.29 is 4.79 Å². The molecule has 0 bridgehead atoms. The van der Waals surface area contributed by atoms with E-state index >= 15 is 0 Å². The zero-order chi connectivity index (χ0) is 19.6. The van der Waals surface area contributed by atoms with Gasteiger partial charge in [-0.3, -0.25) is 4.79 Å². The summed E-state index contributed by atoms with van der Waals surface area (Å²) in [5.41, 5.74) is 4.69. The highest BCUT2D eigenvalue weighted by Gasteiger charge is 2.17. The molecule has 140 valence electrons. The van der Waals surface area contributed by atoms with Crippen LogP contribution in [0, 0.1) is 6.92 Å². The van der Waals surface area contributed by atoms with E-state index in [9.17, 15) is 4.79 Å². The molecule has 0 spiro atoms. The van der Waals surface area contributed by atoms with Gasteiger partial charge in [-0.2, -0.15) is 0 Å². The van der Waals surface area contributed by atoms with Crippen molar-refractivity contribution in [3.63, 3.8) is 0 Å². The molecule has 0 fully saturated rings. The molecule has 0 aliphatic rings. The second-order valence-electron chi connectivity index (χ2n) is 7.87. The van der Waals surface area contributed by atoms with Crippen molar-refractivity contribution in [3.8, 4) is 16.8 Å². The van der Waals surface area contributed by atoms with Crippen molar-refractivity contribution in [2.75, 3.05) is 0 Å². The molecule has 4 nitrogen and oxygen atoms in total. The van der Waals surface area contributed by atoms with Crippen LogP contribution in [0.2, 0.25) is 0 Å². The van der Waals surface area contributed by atoms with Gasteiger partial charge in [0, 0.05) is 29.2 Å². The molecule has 2 aromatic carbocycles. The summed E-state index contributed by atoms with van der Waals surface area (Å²) in [5, 5.41) is 3.06. The van der Waals surface area contributed by atoms with Crippen LogP contribution < -0.4 is 5.32 Å². The Kier molecular flexibility index (Phi) is 5.17. The minimum atomic E-state index is -0.291. The molecule has 1 amide bonds. The van der Waals surface area contributed by atoms with E-state index in [1.165, 1.54) is 5.56 Å². The fourth-order valence-electron chi connectivity index (χ4n) is 3.04. The minimum Gasteiger partial charge on any atom is -0.347 e. The van der Waals surface area contributed by atoms with E-state index < -0.39 is 0 Å². The summed E-state index contributed by atoms with van der Waals surface area (Å²) in [6, 6.07) is 14.5. The molecule has 3 rings (SSSR count). The van der Waals surface area contributed by atoms with Crippen molar-refractivity contribution >= 4 is 5.91 Å². The molecule has 4 heteroatoms. The molecule has 1 aromatic heterocycles. The summed E-state index contributed by atoms with van der Waals surface area (Å²) in [7, 11) is 0. The number of nitrogens with zero attached hydrogens (tertiary/aromatic N) is 2. The third-order valence-electron chi connectivity index (χ3n) is 4.47. The Morgan fingerprint density at radius 1 is 1.07 bits per heavy atom. The van der Waals surface area contributed by atoms with E-state index in [-0.39, 0.29) is 11.4 Å². The van der Waals surface area contributed by atoms with Crippen LogP contribution in [0.15, 0.2) is 54.9 Å². The average molecular weight is 361 g/mol. The average Bonchev–Trinajstić information content (AvgIpc) is 3.06. The lowest BCUT2D eigenvalue weighted by molar-refractivity contribution is 0.0919. The first-order valence-corrected chi connectivity index (χ1v) is 9.34. The van der Waals surface area contributed by atoms with Gasteiger partial charge in [0.25, 0.3) is 5.91 Å². The zero-order valence-electron chi connectivity index (χ0n) is 16.7. The maximum atomic E-state index is 12.8. The van der Waals surface area contributed by atoms with Crippen LogP contribution in [0.5, 0.6) is 0 Å². The van der Waals surface area contributed by atoms with Crippen LogP contribution in [0.1, 0.15) is 49.4 Å². The predicted molar refractivity (Wildman–Crippen MR) is 110 cm³/mol. The van der Waals surface area contributed by atoms with Crippen LogP contribution in [0.3, 0.4) is 0 Å². The van der Waals surface area contributed by atoms with Gasteiger partial charge in [0.05, 0.1) is 0 Å². The Balaban J connectivity index is 2.10. The molecule has 0 atom stereocenters. The van der Waals surface area contributed by atoms with Gasteiger partial charge < -0.3 is 9.88 Å². The number of aryl methyl sites for hydroxylation is 2. The summed E-state index contributed by atoms with van der Waals surface area (Å²) in [4.78, 5) is 17.1. The monoisotopic (exact) mass is 361 g/mol. The molecule has 0 aliphatic heterocycles. The molecule has 27 heavy (non-hydrogen) atoms. The topological polar surface area (TPSA) is 46.9 Å². The van der Waals surface area contributed by atoms with Crippen LogP contribution in [0.25, 0.3) is 16.8 Å². The molecule has 1 N–H and O–H groups in total. The summed E-state index contributed by atoms with van der Waals surface area (Å²) in [5.74, 6) is 0.809. The quantitative estimate of drug-likeness (QED) is 0.715. The fourth-order valence-corrected chi connectivity index (χ4v) is 3.04. The predicted octanol–water partition coefficient (Wildman–Crippen LogP) is 4.94. The summed E-state index contributed by atoms with van der Waals surface area (Å²) >= 11 is 0. The lowest BCUT2D eigenvalue weighted by Crippen LogP contribution is -2.40. The van der Waals surface area contributed by atoms with Gasteiger partial charge in [0.15, 0.2) is 0 Å². The van der Waals surface area contributed by atoms with E-state index in [4.69, 9.17) is 0 Å². The molecular formula is C23H27N3O. The molecule has 0 saturated heterocycles. The molecule has 3 aromatic rings. The third kappa shape index (κ3) is 4.45. The number of rotatable bonds is 4. The molecular weight excluding hydrogens is 334 g/mol. The first-order valence-electron chi connectivity index (χ1n) is 9.34. The van der Waals surface area contributed by atoms with E-state index in [0.717, 1.165) is 29.1 Å². The lowest BCUT2D eigenvalue weighted by atomic mass is 9.99. The Morgan fingerprint density at radius 2 is 1.78 bits per heavy atom. The number of carbonyl (C=O) groups excluding carboxylic acids is 1. The standard InChI is InChI=1S/C23H27N3O/c1-6-17-7-9-18(10-8-17)19-13-20(22(27)25-23(3,4)5)15-21(14-19)26-12-11-24-16(26)2/h7-15H,6H2,1-5H3,(H,25,27). The number of hydrogen-bond acceptors (Lipinski definition) is 2. The normalized spacial score (nSPS) is 11.4. The van der Waals surface area contributed by atoms with Crippen LogP contribution in [-0.4, -0.2) is 21.0 Å². The molecule has 0 aliphatic carbocycles. The van der Waals surface area contributed by atoms with Crippen molar-refractivity contribution in [2.45, 2.75) is 46.6 Å². The minimum absolute atomic E-state index is 0.0754. The van der Waals surface area contributed by atoms with Gasteiger partial charge in [-0.1, -0.05) is 31.2 Å². The Morgan fingerprint density at radius 3 is 2.33 bits per heavy atom. The molecule has 1 heterocycles. The van der Waals surface area contributed by atoms with Crippen molar-refractivity contribution in [3.05, 3.63) is 71.8 Å². The van der Waals surface area contributed by atoms with Gasteiger partial charge in [-0.15, -0.1) is 0 Å². The Bertz CT molecular complexity index is 946. The Labute approximate surface area is 161 Å². The number of carbonyl (C=O) groups is 1. The van der Waals surface area contributed by atoms with Gasteiger partial charge in [-0.05, 0) is 69.0 Å². The first kappa shape index (κ1) is 18.9. The summed E-state index contributed by atoms with van der Waals surface area (Å²) < 4.78 is 2.00. The number of nitrogens with one attached hydrogen (secondary N) is 1. The summed E-state index contributed by atoms with van der Waals surface area (Å²) in [6.45, 7) is 10.1. The van der Waals surface area contributed by atoms with Crippen LogP contribution in [-0.2, 0) is 6.42 Å². The number of aromatic nitrogens is 2. The number of amides is 1. The third-order valence-corrected chi connectivity index (χ3v) is 4.47. The van der Waals surface area contributed by atoms with E-state index in [1.807, 2.05) is 50.6 Å². The zero-order valence-corrected chi connectivity index (χ0v) is 16.7. The van der Waals surface area contributed by atoms with E-state index in [0.29, 0.717) is 5.56 Å². The van der Waals surface area contributed by atoms with Crippen LogP contribution >= 0.6 is 0 Å².